The normalized spacial score (nSPS) is 21.1. The topological polar surface area (TPSA) is 65.1 Å². The van der Waals surface area contributed by atoms with E-state index in [2.05, 4.69) is 38.4 Å². The van der Waals surface area contributed by atoms with Crippen LogP contribution in [0.4, 0.5) is 5.69 Å². The first kappa shape index (κ1) is 25.9. The number of benzene rings is 2. The van der Waals surface area contributed by atoms with E-state index in [9.17, 15) is 9.59 Å². The number of anilines is 1. The maximum Gasteiger partial charge on any atom is 0.338 e. The highest BCUT2D eigenvalue weighted by molar-refractivity contribution is 5.91. The number of hydrogen-bond donors (Lipinski definition) is 1. The van der Waals surface area contributed by atoms with Crippen LogP contribution in [0.2, 0.25) is 0 Å². The average Bonchev–Trinajstić information content (AvgIpc) is 3.43. The number of hydrazine groups is 1. The summed E-state index contributed by atoms with van der Waals surface area (Å²) in [7, 11) is 0. The number of rotatable bonds is 6. The first-order valence-electron chi connectivity index (χ1n) is 13.7. The Morgan fingerprint density at radius 1 is 0.919 bits per heavy atom. The Morgan fingerprint density at radius 2 is 1.59 bits per heavy atom. The third-order valence-electron chi connectivity index (χ3n) is 7.59. The molecular weight excluding hydrogens is 464 g/mol. The van der Waals surface area contributed by atoms with Gasteiger partial charge < -0.3 is 15.0 Å². The minimum atomic E-state index is -0.536. The summed E-state index contributed by atoms with van der Waals surface area (Å²) in [6.45, 7) is 12.9. The zero-order chi connectivity index (χ0) is 26.0. The van der Waals surface area contributed by atoms with Crippen LogP contribution in [0.1, 0.15) is 66.7 Å². The second kappa shape index (κ2) is 10.9. The maximum atomic E-state index is 13.4. The van der Waals surface area contributed by atoms with Crippen LogP contribution in [-0.2, 0) is 22.4 Å². The number of fused-ring (bicyclic) bond motifs is 1. The largest absolute Gasteiger partial charge is 0.456 e. The summed E-state index contributed by atoms with van der Waals surface area (Å²) in [5.41, 5.74) is 4.59. The fourth-order valence-corrected chi connectivity index (χ4v) is 5.77. The summed E-state index contributed by atoms with van der Waals surface area (Å²) in [5.74, 6) is -0.191. The van der Waals surface area contributed by atoms with Gasteiger partial charge in [0.05, 0.1) is 11.6 Å². The molecule has 0 aliphatic carbocycles. The predicted molar refractivity (Wildman–Crippen MR) is 146 cm³/mol. The smallest absolute Gasteiger partial charge is 0.338 e. The van der Waals surface area contributed by atoms with Gasteiger partial charge in [0.1, 0.15) is 5.60 Å². The molecule has 0 bridgehead atoms. The summed E-state index contributed by atoms with van der Waals surface area (Å²) in [5, 5.41) is 8.52. The average molecular weight is 505 g/mol. The molecule has 0 amide bonds. The number of hydrogen-bond acceptors (Lipinski definition) is 7. The number of nitrogens with zero attached hydrogens (tertiary/aromatic N) is 3. The van der Waals surface area contributed by atoms with Crippen molar-refractivity contribution < 1.29 is 14.3 Å². The molecule has 37 heavy (non-hydrogen) atoms. The molecule has 3 heterocycles. The van der Waals surface area contributed by atoms with Gasteiger partial charge >= 0.3 is 5.97 Å². The summed E-state index contributed by atoms with van der Waals surface area (Å²) < 4.78 is 5.45. The molecule has 1 unspecified atom stereocenters. The van der Waals surface area contributed by atoms with E-state index in [1.54, 1.807) is 12.1 Å². The maximum absolute atomic E-state index is 13.4. The summed E-state index contributed by atoms with van der Waals surface area (Å²) in [6, 6.07) is 13.3. The van der Waals surface area contributed by atoms with Gasteiger partial charge in [-0.15, -0.1) is 0 Å². The molecule has 5 rings (SSSR count). The van der Waals surface area contributed by atoms with Crippen LogP contribution in [0, 0.1) is 0 Å². The number of nitrogens with one attached hydrogen (secondary N) is 1. The van der Waals surface area contributed by atoms with Crippen LogP contribution in [0.5, 0.6) is 0 Å². The van der Waals surface area contributed by atoms with Crippen molar-refractivity contribution in [3.63, 3.8) is 0 Å². The van der Waals surface area contributed by atoms with Gasteiger partial charge in [-0.05, 0) is 74.9 Å². The molecule has 198 valence electrons. The molecule has 0 aromatic heterocycles. The lowest BCUT2D eigenvalue weighted by molar-refractivity contribution is -0.120. The number of carbonyl (C=O) groups excluding carboxylic acids is 2. The number of ketones is 1. The van der Waals surface area contributed by atoms with Crippen LogP contribution in [0.3, 0.4) is 0 Å². The highest BCUT2D eigenvalue weighted by Gasteiger charge is 2.30. The van der Waals surface area contributed by atoms with Crippen molar-refractivity contribution in [3.8, 4) is 0 Å². The van der Waals surface area contributed by atoms with Gasteiger partial charge in [-0.1, -0.05) is 24.3 Å². The van der Waals surface area contributed by atoms with Crippen molar-refractivity contribution in [2.75, 3.05) is 50.7 Å². The predicted octanol–water partition coefficient (Wildman–Crippen LogP) is 3.77. The molecule has 0 spiro atoms. The highest BCUT2D eigenvalue weighted by atomic mass is 16.6. The molecule has 1 N–H and O–H groups in total. The first-order chi connectivity index (χ1) is 17.8. The quantitative estimate of drug-likeness (QED) is 0.601. The van der Waals surface area contributed by atoms with Crippen molar-refractivity contribution in [2.24, 2.45) is 0 Å². The van der Waals surface area contributed by atoms with Gasteiger partial charge in [0.2, 0.25) is 0 Å². The number of piperazine rings is 1. The third kappa shape index (κ3) is 6.06. The Balaban J connectivity index is 1.25. The van der Waals surface area contributed by atoms with Crippen molar-refractivity contribution in [1.29, 1.82) is 0 Å². The highest BCUT2D eigenvalue weighted by Crippen LogP contribution is 2.33. The second-order valence-electron chi connectivity index (χ2n) is 11.4. The van der Waals surface area contributed by atoms with Crippen molar-refractivity contribution in [2.45, 2.75) is 58.1 Å². The van der Waals surface area contributed by atoms with Crippen LogP contribution in [0.15, 0.2) is 42.5 Å². The minimum Gasteiger partial charge on any atom is -0.456 e. The lowest BCUT2D eigenvalue weighted by atomic mass is 9.88. The Kier molecular flexibility index (Phi) is 7.65. The molecule has 0 radical (unpaired) electrons. The number of carbonyl (C=O) groups is 2. The van der Waals surface area contributed by atoms with Crippen LogP contribution in [0.25, 0.3) is 0 Å². The van der Waals surface area contributed by atoms with E-state index in [1.165, 1.54) is 37.2 Å². The Hall–Kier alpha value is -2.74. The fraction of sp³-hybridized carbons (Fsp3) is 0.533. The lowest BCUT2D eigenvalue weighted by Gasteiger charge is -2.41. The molecular formula is C30H40N4O3. The van der Waals surface area contributed by atoms with Gasteiger partial charge in [-0.3, -0.25) is 4.79 Å². The minimum absolute atomic E-state index is 0.155. The molecule has 2 aromatic carbocycles. The Bertz CT molecular complexity index is 1110. The number of Topliss-reactive ketones (excluding diaryl/α,β-unsaturated/α-hetero) is 1. The van der Waals surface area contributed by atoms with E-state index < -0.39 is 5.60 Å². The van der Waals surface area contributed by atoms with Gasteiger partial charge in [0, 0.05) is 57.9 Å². The van der Waals surface area contributed by atoms with Crippen LogP contribution < -0.4 is 10.2 Å². The Labute approximate surface area is 220 Å². The van der Waals surface area contributed by atoms with Gasteiger partial charge in [0.25, 0.3) is 0 Å². The number of esters is 1. The molecule has 7 nitrogen and oxygen atoms in total. The van der Waals surface area contributed by atoms with Crippen molar-refractivity contribution >= 4 is 17.4 Å². The van der Waals surface area contributed by atoms with E-state index in [-0.39, 0.29) is 17.8 Å². The fourth-order valence-electron chi connectivity index (χ4n) is 5.77. The first-order valence-corrected chi connectivity index (χ1v) is 13.7. The zero-order valence-corrected chi connectivity index (χ0v) is 22.5. The van der Waals surface area contributed by atoms with E-state index in [0.717, 1.165) is 50.3 Å². The molecule has 3 aliphatic rings. The molecule has 2 saturated heterocycles. The van der Waals surface area contributed by atoms with Crippen molar-refractivity contribution in [1.82, 2.24) is 15.3 Å². The monoisotopic (exact) mass is 504 g/mol. The van der Waals surface area contributed by atoms with Crippen LogP contribution >= 0.6 is 0 Å². The molecule has 1 atom stereocenters. The molecule has 0 saturated carbocycles. The second-order valence-corrected chi connectivity index (χ2v) is 11.4. The molecule has 3 aliphatic heterocycles. The zero-order valence-electron chi connectivity index (χ0n) is 22.5. The standard InChI is InChI=1S/C30H40N4O3/c1-30(2,3)37-29(36)23-11-9-22(10-12-23)21-27(35)28-25-7-6-8-26(24(25)13-14-31-28)32-17-19-34(20-18-32)33-15-4-5-16-33/h6-12,28,31H,4-5,13-21H2,1-3H3. The molecule has 7 heteroatoms. The van der Waals surface area contributed by atoms with Crippen molar-refractivity contribution in [3.05, 3.63) is 64.7 Å². The lowest BCUT2D eigenvalue weighted by Crippen LogP contribution is -2.53. The number of ether oxygens (including phenoxy) is 1. The Morgan fingerprint density at radius 3 is 2.27 bits per heavy atom. The summed E-state index contributed by atoms with van der Waals surface area (Å²) >= 11 is 0. The van der Waals surface area contributed by atoms with Crippen LogP contribution in [-0.4, -0.2) is 73.2 Å². The summed E-state index contributed by atoms with van der Waals surface area (Å²) in [6.07, 6.45) is 3.88. The SMILES string of the molecule is CC(C)(C)OC(=O)c1ccc(CC(=O)C2NCCc3c2cccc3N2CCN(N3CCCC3)CC2)cc1. The van der Waals surface area contributed by atoms with Gasteiger partial charge in [-0.2, -0.15) is 0 Å². The third-order valence-corrected chi connectivity index (χ3v) is 7.59. The van der Waals surface area contributed by atoms with E-state index >= 15 is 0 Å². The molecule has 2 fully saturated rings. The van der Waals surface area contributed by atoms with Gasteiger partial charge in [0.15, 0.2) is 5.78 Å². The van der Waals surface area contributed by atoms with Gasteiger partial charge in [-0.25, -0.2) is 14.8 Å². The van der Waals surface area contributed by atoms with E-state index in [4.69, 9.17) is 4.74 Å². The summed E-state index contributed by atoms with van der Waals surface area (Å²) in [4.78, 5) is 28.3. The van der Waals surface area contributed by atoms with E-state index in [0.29, 0.717) is 12.0 Å². The molecule has 2 aromatic rings. The van der Waals surface area contributed by atoms with E-state index in [1.807, 2.05) is 32.9 Å².